The molecule has 1 atom stereocenters. The van der Waals surface area contributed by atoms with Crippen LogP contribution in [0.2, 0.25) is 4.34 Å². The standard InChI is InChI=1S/C18H19ClN2O3S/c1-4-12-9-20(17(22)15-5-6-16(19)25-15)13-7-10(2)11(3)8-14(13)21(12)18(23)24/h5-8,12H,4,9H2,1-3H3,(H,23,24). The minimum Gasteiger partial charge on any atom is -0.465 e. The largest absolute Gasteiger partial charge is 0.465 e. The highest BCUT2D eigenvalue weighted by Crippen LogP contribution is 2.39. The van der Waals surface area contributed by atoms with E-state index < -0.39 is 6.09 Å². The van der Waals surface area contributed by atoms with Gasteiger partial charge in [-0.1, -0.05) is 18.5 Å². The van der Waals surface area contributed by atoms with Crippen LogP contribution in [0.4, 0.5) is 16.2 Å². The van der Waals surface area contributed by atoms with E-state index in [2.05, 4.69) is 0 Å². The normalized spacial score (nSPS) is 16.7. The molecule has 1 aromatic carbocycles. The number of benzene rings is 1. The molecular formula is C18H19ClN2O3S. The molecule has 0 aliphatic carbocycles. The van der Waals surface area contributed by atoms with Crippen LogP contribution in [0.25, 0.3) is 0 Å². The van der Waals surface area contributed by atoms with Crippen LogP contribution in [0.15, 0.2) is 24.3 Å². The van der Waals surface area contributed by atoms with Crippen LogP contribution >= 0.6 is 22.9 Å². The molecule has 2 aromatic rings. The van der Waals surface area contributed by atoms with Crippen molar-refractivity contribution >= 4 is 46.3 Å². The number of thiophene rings is 1. The fraction of sp³-hybridized carbons (Fsp3) is 0.333. The van der Waals surface area contributed by atoms with Crippen molar-refractivity contribution in [3.05, 3.63) is 44.6 Å². The van der Waals surface area contributed by atoms with Gasteiger partial charge in [-0.15, -0.1) is 11.3 Å². The van der Waals surface area contributed by atoms with Gasteiger partial charge in [0.1, 0.15) is 0 Å². The van der Waals surface area contributed by atoms with Crippen molar-refractivity contribution in [3.8, 4) is 0 Å². The number of rotatable bonds is 2. The smallest absolute Gasteiger partial charge is 0.412 e. The Hall–Kier alpha value is -2.05. The molecule has 1 aromatic heterocycles. The molecule has 0 saturated heterocycles. The van der Waals surface area contributed by atoms with Crippen LogP contribution in [0.5, 0.6) is 0 Å². The number of amides is 2. The zero-order valence-corrected chi connectivity index (χ0v) is 15.8. The van der Waals surface area contributed by atoms with E-state index in [4.69, 9.17) is 11.6 Å². The Balaban J connectivity index is 2.14. The Morgan fingerprint density at radius 1 is 1.24 bits per heavy atom. The third-order valence-corrected chi connectivity index (χ3v) is 5.83. The van der Waals surface area contributed by atoms with Crippen LogP contribution in [-0.4, -0.2) is 29.7 Å². The van der Waals surface area contributed by atoms with Gasteiger partial charge in [0.05, 0.1) is 26.6 Å². The second kappa shape index (κ2) is 6.69. The van der Waals surface area contributed by atoms with Gasteiger partial charge in [0.2, 0.25) is 0 Å². The minimum absolute atomic E-state index is 0.148. The van der Waals surface area contributed by atoms with E-state index in [1.165, 1.54) is 16.2 Å². The molecule has 5 nitrogen and oxygen atoms in total. The molecule has 1 aliphatic heterocycles. The van der Waals surface area contributed by atoms with E-state index >= 15 is 0 Å². The molecular weight excluding hydrogens is 360 g/mol. The molecule has 0 spiro atoms. The molecule has 7 heteroatoms. The fourth-order valence-electron chi connectivity index (χ4n) is 3.11. The van der Waals surface area contributed by atoms with Gasteiger partial charge in [0, 0.05) is 6.54 Å². The van der Waals surface area contributed by atoms with E-state index in [0.29, 0.717) is 33.6 Å². The van der Waals surface area contributed by atoms with Crippen molar-refractivity contribution < 1.29 is 14.7 Å². The van der Waals surface area contributed by atoms with E-state index in [-0.39, 0.29) is 11.9 Å². The fourth-order valence-corrected chi connectivity index (χ4v) is 4.10. The SMILES string of the molecule is CCC1CN(C(=O)c2ccc(Cl)s2)c2cc(C)c(C)cc2N1C(=O)O. The van der Waals surface area contributed by atoms with Gasteiger partial charge in [-0.3, -0.25) is 9.69 Å². The number of fused-ring (bicyclic) bond motifs is 1. The summed E-state index contributed by atoms with van der Waals surface area (Å²) in [6.45, 7) is 6.15. The first-order valence-corrected chi connectivity index (χ1v) is 9.23. The van der Waals surface area contributed by atoms with Gasteiger partial charge in [-0.25, -0.2) is 4.79 Å². The summed E-state index contributed by atoms with van der Waals surface area (Å²) in [6.07, 6.45) is -0.379. The molecule has 2 heterocycles. The first-order chi connectivity index (χ1) is 11.8. The minimum atomic E-state index is -0.998. The van der Waals surface area contributed by atoms with Crippen molar-refractivity contribution in [1.29, 1.82) is 0 Å². The second-order valence-corrected chi connectivity index (χ2v) is 7.87. The van der Waals surface area contributed by atoms with Gasteiger partial charge in [0.25, 0.3) is 5.91 Å². The maximum Gasteiger partial charge on any atom is 0.412 e. The van der Waals surface area contributed by atoms with E-state index in [1.807, 2.05) is 32.9 Å². The zero-order chi connectivity index (χ0) is 18.3. The van der Waals surface area contributed by atoms with Gasteiger partial charge in [-0.05, 0) is 55.7 Å². The number of carbonyl (C=O) groups is 2. The summed E-state index contributed by atoms with van der Waals surface area (Å²) < 4.78 is 0.555. The Labute approximate surface area is 155 Å². The molecule has 1 aliphatic rings. The Kier molecular flexibility index (Phi) is 4.75. The summed E-state index contributed by atoms with van der Waals surface area (Å²) >= 11 is 7.20. The molecule has 0 bridgehead atoms. The van der Waals surface area contributed by atoms with Crippen molar-refractivity contribution in [3.63, 3.8) is 0 Å². The Morgan fingerprint density at radius 2 is 1.88 bits per heavy atom. The van der Waals surface area contributed by atoms with Crippen molar-refractivity contribution in [2.24, 2.45) is 0 Å². The summed E-state index contributed by atoms with van der Waals surface area (Å²) in [6, 6.07) is 6.86. The second-order valence-electron chi connectivity index (χ2n) is 6.16. The molecule has 1 N–H and O–H groups in total. The molecule has 2 amide bonds. The average molecular weight is 379 g/mol. The quantitative estimate of drug-likeness (QED) is 0.804. The maximum atomic E-state index is 13.0. The Bertz CT molecular complexity index is 849. The van der Waals surface area contributed by atoms with Crippen LogP contribution in [-0.2, 0) is 0 Å². The third-order valence-electron chi connectivity index (χ3n) is 4.61. The first-order valence-electron chi connectivity index (χ1n) is 8.04. The monoisotopic (exact) mass is 378 g/mol. The molecule has 0 fully saturated rings. The number of halogens is 1. The molecule has 1 unspecified atom stereocenters. The van der Waals surface area contributed by atoms with E-state index in [0.717, 1.165) is 11.1 Å². The number of aryl methyl sites for hydroxylation is 2. The van der Waals surface area contributed by atoms with Crippen LogP contribution in [0.1, 0.15) is 34.1 Å². The van der Waals surface area contributed by atoms with Gasteiger partial charge in [-0.2, -0.15) is 0 Å². The first kappa shape index (κ1) is 17.8. The average Bonchev–Trinajstić information content (AvgIpc) is 3.00. The molecule has 25 heavy (non-hydrogen) atoms. The van der Waals surface area contributed by atoms with E-state index in [9.17, 15) is 14.7 Å². The van der Waals surface area contributed by atoms with Crippen LogP contribution in [0, 0.1) is 13.8 Å². The number of hydrogen-bond donors (Lipinski definition) is 1. The molecule has 0 radical (unpaired) electrons. The maximum absolute atomic E-state index is 13.0. The highest BCUT2D eigenvalue weighted by atomic mass is 35.5. The summed E-state index contributed by atoms with van der Waals surface area (Å²) in [5.41, 5.74) is 3.20. The number of hydrogen-bond acceptors (Lipinski definition) is 3. The van der Waals surface area contributed by atoms with E-state index in [1.54, 1.807) is 17.0 Å². The molecule has 3 rings (SSSR count). The Morgan fingerprint density at radius 3 is 2.40 bits per heavy atom. The zero-order valence-electron chi connectivity index (χ0n) is 14.2. The highest BCUT2D eigenvalue weighted by molar-refractivity contribution is 7.18. The number of anilines is 2. The van der Waals surface area contributed by atoms with Crippen LogP contribution < -0.4 is 9.80 Å². The lowest BCUT2D eigenvalue weighted by atomic mass is 10.0. The topological polar surface area (TPSA) is 60.9 Å². The number of nitrogens with zero attached hydrogens (tertiary/aromatic N) is 2. The lowest BCUT2D eigenvalue weighted by Crippen LogP contribution is -2.52. The van der Waals surface area contributed by atoms with Gasteiger partial charge < -0.3 is 10.0 Å². The predicted molar refractivity (Wildman–Crippen MR) is 102 cm³/mol. The summed E-state index contributed by atoms with van der Waals surface area (Å²) in [5.74, 6) is -0.148. The third kappa shape index (κ3) is 3.12. The predicted octanol–water partition coefficient (Wildman–Crippen LogP) is 4.94. The van der Waals surface area contributed by atoms with Gasteiger partial charge in [0.15, 0.2) is 0 Å². The van der Waals surface area contributed by atoms with Crippen LogP contribution in [0.3, 0.4) is 0 Å². The summed E-state index contributed by atoms with van der Waals surface area (Å²) in [5, 5.41) is 9.70. The number of carboxylic acid groups (broad SMARTS) is 1. The van der Waals surface area contributed by atoms with Crippen molar-refractivity contribution in [1.82, 2.24) is 0 Å². The van der Waals surface area contributed by atoms with Gasteiger partial charge >= 0.3 is 6.09 Å². The van der Waals surface area contributed by atoms with Crippen molar-refractivity contribution in [2.45, 2.75) is 33.2 Å². The summed E-state index contributed by atoms with van der Waals surface area (Å²) in [4.78, 5) is 28.5. The highest BCUT2D eigenvalue weighted by Gasteiger charge is 2.37. The van der Waals surface area contributed by atoms with Crippen molar-refractivity contribution in [2.75, 3.05) is 16.3 Å². The number of carbonyl (C=O) groups excluding carboxylic acids is 1. The lowest BCUT2D eigenvalue weighted by Gasteiger charge is -2.41. The lowest BCUT2D eigenvalue weighted by molar-refractivity contribution is 0.0986. The molecule has 0 saturated carbocycles. The molecule has 132 valence electrons. The summed E-state index contributed by atoms with van der Waals surface area (Å²) in [7, 11) is 0.